The lowest BCUT2D eigenvalue weighted by molar-refractivity contribution is 0.580. The lowest BCUT2D eigenvalue weighted by Crippen LogP contribution is -2.16. The summed E-state index contributed by atoms with van der Waals surface area (Å²) >= 11 is 0. The molecule has 0 spiro atoms. The van der Waals surface area contributed by atoms with Crippen LogP contribution in [0.2, 0.25) is 0 Å². The molecule has 0 N–H and O–H groups in total. The SMILES string of the molecule is C=C=C(C)P(N(C)C)N(C)C. The highest BCUT2D eigenvalue weighted by Gasteiger charge is 2.14. The second kappa shape index (κ2) is 4.69. The molecule has 3 heteroatoms. The first kappa shape index (κ1) is 10.9. The summed E-state index contributed by atoms with van der Waals surface area (Å²) in [4.78, 5) is 0. The molecule has 0 fully saturated rings. The van der Waals surface area contributed by atoms with E-state index in [1.54, 1.807) is 0 Å². The molecule has 0 heterocycles. The van der Waals surface area contributed by atoms with Crippen molar-refractivity contribution in [3.8, 4) is 0 Å². The van der Waals surface area contributed by atoms with Crippen molar-refractivity contribution >= 4 is 8.22 Å². The lowest BCUT2D eigenvalue weighted by Gasteiger charge is -2.29. The second-order valence-corrected chi connectivity index (χ2v) is 5.60. The third-order valence-corrected chi connectivity index (χ3v) is 3.59. The fraction of sp³-hybridized carbons (Fsp3) is 0.625. The Labute approximate surface area is 71.0 Å². The predicted molar refractivity (Wildman–Crippen MR) is 52.6 cm³/mol. The Balaban J connectivity index is 4.48. The van der Waals surface area contributed by atoms with E-state index in [1.165, 1.54) is 5.31 Å². The molecule has 0 aliphatic rings. The van der Waals surface area contributed by atoms with Gasteiger partial charge in [-0.2, -0.15) is 0 Å². The maximum Gasteiger partial charge on any atom is 0.0749 e. The molecule has 0 atom stereocenters. The molecule has 0 rings (SSSR count). The molecule has 0 amide bonds. The van der Waals surface area contributed by atoms with Crippen molar-refractivity contribution in [2.24, 2.45) is 0 Å². The molecule has 0 aliphatic heterocycles. The summed E-state index contributed by atoms with van der Waals surface area (Å²) < 4.78 is 4.39. The van der Waals surface area contributed by atoms with Crippen LogP contribution < -0.4 is 0 Å². The Bertz CT molecular complexity index is 161. The topological polar surface area (TPSA) is 6.48 Å². The smallest absolute Gasteiger partial charge is 0.0749 e. The maximum absolute atomic E-state index is 3.65. The van der Waals surface area contributed by atoms with Crippen molar-refractivity contribution in [2.45, 2.75) is 6.92 Å². The van der Waals surface area contributed by atoms with E-state index in [2.05, 4.69) is 56.8 Å². The number of allylic oxidation sites excluding steroid dienone is 1. The third kappa shape index (κ3) is 3.18. The van der Waals surface area contributed by atoms with E-state index in [-0.39, 0.29) is 8.22 Å². The van der Waals surface area contributed by atoms with Gasteiger partial charge in [0.2, 0.25) is 0 Å². The summed E-state index contributed by atoms with van der Waals surface area (Å²) in [6.07, 6.45) is 0. The predicted octanol–water partition coefficient (Wildman–Crippen LogP) is 2.11. The van der Waals surface area contributed by atoms with Crippen LogP contribution >= 0.6 is 8.22 Å². The molecule has 0 saturated carbocycles. The zero-order chi connectivity index (χ0) is 9.02. The Morgan fingerprint density at radius 1 is 1.18 bits per heavy atom. The number of hydrogen-bond acceptors (Lipinski definition) is 2. The van der Waals surface area contributed by atoms with Crippen molar-refractivity contribution in [1.29, 1.82) is 0 Å². The molecule has 64 valence electrons. The molecule has 0 bridgehead atoms. The summed E-state index contributed by atoms with van der Waals surface area (Å²) in [6.45, 7) is 5.72. The van der Waals surface area contributed by atoms with E-state index < -0.39 is 0 Å². The van der Waals surface area contributed by atoms with Gasteiger partial charge in [-0.1, -0.05) is 6.58 Å². The van der Waals surface area contributed by atoms with Gasteiger partial charge in [-0.15, -0.1) is 5.73 Å². The molecule has 2 nitrogen and oxygen atoms in total. The van der Waals surface area contributed by atoms with E-state index in [9.17, 15) is 0 Å². The molecule has 0 aromatic carbocycles. The van der Waals surface area contributed by atoms with Gasteiger partial charge in [-0.25, -0.2) is 0 Å². The van der Waals surface area contributed by atoms with Gasteiger partial charge in [0.05, 0.1) is 8.22 Å². The van der Waals surface area contributed by atoms with Crippen LogP contribution in [-0.2, 0) is 0 Å². The Kier molecular flexibility index (Phi) is 4.63. The van der Waals surface area contributed by atoms with E-state index >= 15 is 0 Å². The van der Waals surface area contributed by atoms with E-state index in [1.807, 2.05) is 0 Å². The summed E-state index contributed by atoms with van der Waals surface area (Å²) in [5, 5.41) is 1.22. The number of rotatable bonds is 3. The van der Waals surface area contributed by atoms with Crippen LogP contribution in [0.25, 0.3) is 0 Å². The minimum absolute atomic E-state index is 0.330. The largest absolute Gasteiger partial charge is 0.272 e. The van der Waals surface area contributed by atoms with Gasteiger partial charge in [-0.05, 0) is 35.1 Å². The van der Waals surface area contributed by atoms with E-state index in [4.69, 9.17) is 0 Å². The molecule has 11 heavy (non-hydrogen) atoms. The van der Waals surface area contributed by atoms with Gasteiger partial charge >= 0.3 is 0 Å². The average molecular weight is 172 g/mol. The minimum atomic E-state index is -0.330. The van der Waals surface area contributed by atoms with Crippen LogP contribution in [-0.4, -0.2) is 37.5 Å². The normalized spacial score (nSPS) is 10.9. The fourth-order valence-corrected chi connectivity index (χ4v) is 3.09. The summed E-state index contributed by atoms with van der Waals surface area (Å²) in [5.74, 6) is 0. The van der Waals surface area contributed by atoms with Gasteiger partial charge in [0.1, 0.15) is 0 Å². The van der Waals surface area contributed by atoms with Gasteiger partial charge in [-0.3, -0.25) is 9.34 Å². The van der Waals surface area contributed by atoms with Gasteiger partial charge in [0.15, 0.2) is 0 Å². The van der Waals surface area contributed by atoms with Crippen molar-refractivity contribution in [2.75, 3.05) is 28.2 Å². The number of nitrogens with zero attached hydrogens (tertiary/aromatic N) is 2. The first-order chi connectivity index (χ1) is 5.00. The van der Waals surface area contributed by atoms with Crippen molar-refractivity contribution in [3.05, 3.63) is 17.6 Å². The molecular weight excluding hydrogens is 155 g/mol. The summed E-state index contributed by atoms with van der Waals surface area (Å²) in [5.41, 5.74) is 2.94. The number of hydrogen-bond donors (Lipinski definition) is 0. The van der Waals surface area contributed by atoms with Gasteiger partial charge < -0.3 is 0 Å². The van der Waals surface area contributed by atoms with Crippen LogP contribution in [0.15, 0.2) is 17.6 Å². The quantitative estimate of drug-likeness (QED) is 0.475. The zero-order valence-corrected chi connectivity index (χ0v) is 8.94. The zero-order valence-electron chi connectivity index (χ0n) is 8.05. The maximum atomic E-state index is 3.65. The third-order valence-electron chi connectivity index (χ3n) is 1.31. The van der Waals surface area contributed by atoms with Crippen molar-refractivity contribution < 1.29 is 0 Å². The molecule has 0 unspecified atom stereocenters. The van der Waals surface area contributed by atoms with Crippen molar-refractivity contribution in [1.82, 2.24) is 9.34 Å². The monoisotopic (exact) mass is 172 g/mol. The van der Waals surface area contributed by atoms with Crippen molar-refractivity contribution in [3.63, 3.8) is 0 Å². The Morgan fingerprint density at radius 2 is 1.55 bits per heavy atom. The minimum Gasteiger partial charge on any atom is -0.272 e. The Hall–Kier alpha value is -0.130. The molecule has 0 aromatic heterocycles. The van der Waals surface area contributed by atoms with Crippen LogP contribution in [0.4, 0.5) is 0 Å². The lowest BCUT2D eigenvalue weighted by atomic mass is 10.7. The fourth-order valence-electron chi connectivity index (χ4n) is 1.03. The molecule has 0 aromatic rings. The highest BCUT2D eigenvalue weighted by atomic mass is 31.1. The highest BCUT2D eigenvalue weighted by Crippen LogP contribution is 2.46. The summed E-state index contributed by atoms with van der Waals surface area (Å²) in [7, 11) is 7.97. The molecular formula is C8H17N2P. The second-order valence-electron chi connectivity index (χ2n) is 2.75. The first-order valence-corrected chi connectivity index (χ1v) is 4.76. The molecule has 0 aliphatic carbocycles. The first-order valence-electron chi connectivity index (χ1n) is 3.52. The van der Waals surface area contributed by atoms with Crippen LogP contribution in [0, 0.1) is 0 Å². The van der Waals surface area contributed by atoms with E-state index in [0.717, 1.165) is 0 Å². The Morgan fingerprint density at radius 3 is 1.64 bits per heavy atom. The standard InChI is InChI=1S/C8H17N2P/c1-7-8(2)11(9(3)4)10(5)6/h1H2,2-6H3. The average Bonchev–Trinajstić information content (AvgIpc) is 1.85. The highest BCUT2D eigenvalue weighted by molar-refractivity contribution is 7.57. The molecule has 0 saturated heterocycles. The molecule has 0 radical (unpaired) electrons. The van der Waals surface area contributed by atoms with Crippen LogP contribution in [0.3, 0.4) is 0 Å². The van der Waals surface area contributed by atoms with Crippen LogP contribution in [0.5, 0.6) is 0 Å². The van der Waals surface area contributed by atoms with Gasteiger partial charge in [0, 0.05) is 5.31 Å². The van der Waals surface area contributed by atoms with Crippen LogP contribution in [0.1, 0.15) is 6.92 Å². The van der Waals surface area contributed by atoms with Gasteiger partial charge in [0.25, 0.3) is 0 Å². The summed E-state index contributed by atoms with van der Waals surface area (Å²) in [6, 6.07) is 0. The van der Waals surface area contributed by atoms with E-state index in [0.29, 0.717) is 0 Å².